The lowest BCUT2D eigenvalue weighted by molar-refractivity contribution is 1.05. The summed E-state index contributed by atoms with van der Waals surface area (Å²) in [5, 5.41) is 3.10. The van der Waals surface area contributed by atoms with Crippen LogP contribution in [0.15, 0.2) is 24.3 Å². The van der Waals surface area contributed by atoms with Crippen LogP contribution in [0.4, 0.5) is 11.6 Å². The summed E-state index contributed by atoms with van der Waals surface area (Å²) in [6, 6.07) is 7.75. The van der Waals surface area contributed by atoms with Gasteiger partial charge in [-0.25, -0.2) is 0 Å². The summed E-state index contributed by atoms with van der Waals surface area (Å²) in [6.45, 7) is 0. The first-order valence-corrected chi connectivity index (χ1v) is 6.06. The average Bonchev–Trinajstić information content (AvgIpc) is 2.20. The molecule has 0 aliphatic rings. The molecule has 1 aromatic heterocycles. The fourth-order valence-corrected chi connectivity index (χ4v) is 1.77. The third-order valence-corrected chi connectivity index (χ3v) is 2.74. The summed E-state index contributed by atoms with van der Waals surface area (Å²) in [5.74, 6) is 0.325. The molecule has 1 N–H and O–H groups in total. The van der Waals surface area contributed by atoms with Gasteiger partial charge in [0.15, 0.2) is 0 Å². The fraction of sp³-hybridized carbons (Fsp3) is 0. The van der Waals surface area contributed by atoms with Crippen molar-refractivity contribution in [2.24, 2.45) is 0 Å². The SMILES string of the molecule is Clc1nc(Cl)nc(Nc2ccc(I)cc2)n1. The molecule has 0 aliphatic heterocycles. The van der Waals surface area contributed by atoms with Crippen molar-refractivity contribution in [1.82, 2.24) is 15.0 Å². The van der Waals surface area contributed by atoms with Crippen molar-refractivity contribution < 1.29 is 0 Å². The highest BCUT2D eigenvalue weighted by atomic mass is 127. The van der Waals surface area contributed by atoms with Crippen LogP contribution in [0.25, 0.3) is 0 Å². The van der Waals surface area contributed by atoms with E-state index < -0.39 is 0 Å². The summed E-state index contributed by atoms with van der Waals surface area (Å²) < 4.78 is 1.15. The summed E-state index contributed by atoms with van der Waals surface area (Å²) >= 11 is 13.5. The Labute approximate surface area is 116 Å². The second kappa shape index (κ2) is 5.11. The smallest absolute Gasteiger partial charge is 0.232 e. The van der Waals surface area contributed by atoms with Gasteiger partial charge in [0.25, 0.3) is 0 Å². The predicted octanol–water partition coefficient (Wildman–Crippen LogP) is 3.53. The lowest BCUT2D eigenvalue weighted by Crippen LogP contribution is -1.99. The molecule has 0 bridgehead atoms. The highest BCUT2D eigenvalue weighted by molar-refractivity contribution is 14.1. The van der Waals surface area contributed by atoms with Crippen LogP contribution in [0.1, 0.15) is 0 Å². The van der Waals surface area contributed by atoms with E-state index in [1.54, 1.807) is 0 Å². The minimum absolute atomic E-state index is 0.0630. The van der Waals surface area contributed by atoms with E-state index in [9.17, 15) is 0 Å². The second-order valence-electron chi connectivity index (χ2n) is 2.83. The molecule has 2 rings (SSSR count). The summed E-state index contributed by atoms with van der Waals surface area (Å²) in [4.78, 5) is 11.5. The van der Waals surface area contributed by atoms with Gasteiger partial charge < -0.3 is 5.32 Å². The van der Waals surface area contributed by atoms with Crippen LogP contribution < -0.4 is 5.32 Å². The van der Waals surface area contributed by atoms with Crippen molar-refractivity contribution in [3.8, 4) is 0 Å². The molecular weight excluding hydrogens is 362 g/mol. The molecule has 2 aromatic rings. The van der Waals surface area contributed by atoms with E-state index in [4.69, 9.17) is 23.2 Å². The van der Waals surface area contributed by atoms with E-state index >= 15 is 0 Å². The quantitative estimate of drug-likeness (QED) is 0.826. The molecule has 1 aromatic carbocycles. The zero-order chi connectivity index (χ0) is 11.5. The standard InChI is InChI=1S/C9H5Cl2IN4/c10-7-14-8(11)16-9(15-7)13-6-3-1-5(12)2-4-6/h1-4H,(H,13,14,15,16). The van der Waals surface area contributed by atoms with Crippen molar-refractivity contribution in [3.05, 3.63) is 38.4 Å². The summed E-state index contributed by atoms with van der Waals surface area (Å²) in [7, 11) is 0. The van der Waals surface area contributed by atoms with Gasteiger partial charge in [0.1, 0.15) is 0 Å². The van der Waals surface area contributed by atoms with Crippen molar-refractivity contribution in [2.75, 3.05) is 5.32 Å². The molecule has 0 fully saturated rings. The number of benzene rings is 1. The number of nitrogens with one attached hydrogen (secondary N) is 1. The number of nitrogens with zero attached hydrogens (tertiary/aromatic N) is 3. The van der Waals surface area contributed by atoms with Gasteiger partial charge in [-0.2, -0.15) is 15.0 Å². The third kappa shape index (κ3) is 3.16. The van der Waals surface area contributed by atoms with E-state index in [1.807, 2.05) is 24.3 Å². The van der Waals surface area contributed by atoms with Gasteiger partial charge >= 0.3 is 0 Å². The van der Waals surface area contributed by atoms with E-state index in [0.717, 1.165) is 9.26 Å². The first kappa shape index (κ1) is 11.8. The number of halogens is 3. The van der Waals surface area contributed by atoms with Crippen LogP contribution in [-0.4, -0.2) is 15.0 Å². The number of aromatic nitrogens is 3. The normalized spacial score (nSPS) is 10.2. The number of rotatable bonds is 2. The third-order valence-electron chi connectivity index (χ3n) is 1.68. The Balaban J connectivity index is 2.23. The molecule has 16 heavy (non-hydrogen) atoms. The number of hydrogen-bond donors (Lipinski definition) is 1. The van der Waals surface area contributed by atoms with Crippen LogP contribution in [0.5, 0.6) is 0 Å². The van der Waals surface area contributed by atoms with Crippen molar-refractivity contribution in [3.63, 3.8) is 0 Å². The van der Waals surface area contributed by atoms with Crippen molar-refractivity contribution in [2.45, 2.75) is 0 Å². The first-order valence-electron chi connectivity index (χ1n) is 4.23. The Morgan fingerprint density at radius 1 is 0.938 bits per heavy atom. The zero-order valence-corrected chi connectivity index (χ0v) is 11.5. The van der Waals surface area contributed by atoms with Crippen LogP contribution >= 0.6 is 45.8 Å². The first-order chi connectivity index (χ1) is 7.63. The highest BCUT2D eigenvalue weighted by Crippen LogP contribution is 2.17. The van der Waals surface area contributed by atoms with Crippen LogP contribution in [0, 0.1) is 3.57 Å². The molecule has 82 valence electrons. The molecule has 0 aliphatic carbocycles. The second-order valence-corrected chi connectivity index (χ2v) is 4.75. The van der Waals surface area contributed by atoms with Gasteiger partial charge in [0, 0.05) is 9.26 Å². The predicted molar refractivity (Wildman–Crippen MR) is 72.3 cm³/mol. The maximum absolute atomic E-state index is 5.65. The molecular formula is C9H5Cl2IN4. The van der Waals surface area contributed by atoms with Gasteiger partial charge in [-0.05, 0) is 70.1 Å². The molecule has 7 heteroatoms. The molecule has 0 unspecified atom stereocenters. The monoisotopic (exact) mass is 366 g/mol. The Morgan fingerprint density at radius 3 is 2.06 bits per heavy atom. The van der Waals surface area contributed by atoms with Gasteiger partial charge in [0.05, 0.1) is 0 Å². The number of hydrogen-bond acceptors (Lipinski definition) is 4. The van der Waals surface area contributed by atoms with E-state index in [1.165, 1.54) is 0 Å². The molecule has 4 nitrogen and oxygen atoms in total. The van der Waals surface area contributed by atoms with Crippen LogP contribution in [0.2, 0.25) is 10.6 Å². The molecule has 0 saturated heterocycles. The van der Waals surface area contributed by atoms with Gasteiger partial charge in [0.2, 0.25) is 16.5 Å². The van der Waals surface area contributed by atoms with Gasteiger partial charge in [-0.15, -0.1) is 0 Å². The van der Waals surface area contributed by atoms with E-state index in [2.05, 4.69) is 42.9 Å². The molecule has 0 spiro atoms. The summed E-state index contributed by atoms with van der Waals surface area (Å²) in [6.07, 6.45) is 0. The molecule has 0 radical (unpaired) electrons. The largest absolute Gasteiger partial charge is 0.324 e. The lowest BCUT2D eigenvalue weighted by atomic mass is 10.3. The van der Waals surface area contributed by atoms with Crippen LogP contribution in [0.3, 0.4) is 0 Å². The highest BCUT2D eigenvalue weighted by Gasteiger charge is 2.03. The Morgan fingerprint density at radius 2 is 1.50 bits per heavy atom. The molecule has 1 heterocycles. The molecule has 0 atom stereocenters. The number of anilines is 2. The van der Waals surface area contributed by atoms with Crippen LogP contribution in [-0.2, 0) is 0 Å². The fourth-order valence-electron chi connectivity index (χ4n) is 1.04. The van der Waals surface area contributed by atoms with E-state index in [-0.39, 0.29) is 10.6 Å². The minimum Gasteiger partial charge on any atom is -0.324 e. The average molecular weight is 367 g/mol. The zero-order valence-electron chi connectivity index (χ0n) is 7.78. The van der Waals surface area contributed by atoms with E-state index in [0.29, 0.717) is 5.95 Å². The van der Waals surface area contributed by atoms with Gasteiger partial charge in [-0.1, -0.05) is 0 Å². The maximum atomic E-state index is 5.65. The lowest BCUT2D eigenvalue weighted by Gasteiger charge is -2.04. The Bertz CT molecular complexity index is 483. The summed E-state index contributed by atoms with van der Waals surface area (Å²) in [5.41, 5.74) is 0.860. The molecule has 0 amide bonds. The Hall–Kier alpha value is -0.660. The molecule has 0 saturated carbocycles. The van der Waals surface area contributed by atoms with Crippen molar-refractivity contribution >= 4 is 57.4 Å². The minimum atomic E-state index is 0.0630. The van der Waals surface area contributed by atoms with Gasteiger partial charge in [-0.3, -0.25) is 0 Å². The topological polar surface area (TPSA) is 50.7 Å². The van der Waals surface area contributed by atoms with Crippen molar-refractivity contribution in [1.29, 1.82) is 0 Å². The maximum Gasteiger partial charge on any atom is 0.232 e. The Kier molecular flexibility index (Phi) is 3.78.